The smallest absolute Gasteiger partial charge is 0.416 e. The molecule has 30 heavy (non-hydrogen) atoms. The van der Waals surface area contributed by atoms with E-state index in [9.17, 15) is 4.79 Å². The zero-order chi connectivity index (χ0) is 20.4. The lowest BCUT2D eigenvalue weighted by atomic mass is 9.89. The van der Waals surface area contributed by atoms with Gasteiger partial charge in [-0.15, -0.1) is 17.5 Å². The van der Waals surface area contributed by atoms with Crippen LogP contribution >= 0.6 is 12.4 Å². The Bertz CT molecular complexity index is 1030. The molecule has 0 atom stereocenters. The molecule has 1 aromatic carbocycles. The van der Waals surface area contributed by atoms with Crippen molar-refractivity contribution < 1.29 is 14.3 Å². The zero-order valence-electron chi connectivity index (χ0n) is 17.3. The number of benzene rings is 1. The number of aromatic nitrogens is 3. The van der Waals surface area contributed by atoms with Crippen LogP contribution in [-0.2, 0) is 12.8 Å². The number of methoxy groups -OCH3 is 1. The predicted molar refractivity (Wildman–Crippen MR) is 117 cm³/mol. The van der Waals surface area contributed by atoms with Crippen molar-refractivity contribution in [3.8, 4) is 28.4 Å². The van der Waals surface area contributed by atoms with Crippen LogP contribution in [0, 0.1) is 0 Å². The Kier molecular flexibility index (Phi) is 6.62. The summed E-state index contributed by atoms with van der Waals surface area (Å²) >= 11 is 0. The van der Waals surface area contributed by atoms with E-state index in [0.717, 1.165) is 41.1 Å². The van der Waals surface area contributed by atoms with E-state index in [0.29, 0.717) is 19.0 Å². The molecule has 0 bridgehead atoms. The van der Waals surface area contributed by atoms with E-state index < -0.39 is 6.09 Å². The molecule has 0 N–H and O–H groups in total. The second kappa shape index (κ2) is 9.17. The highest BCUT2D eigenvalue weighted by Gasteiger charge is 2.29. The molecule has 4 rings (SSSR count). The summed E-state index contributed by atoms with van der Waals surface area (Å²) in [5, 5.41) is 4.69. The third kappa shape index (κ3) is 3.85. The van der Waals surface area contributed by atoms with Crippen LogP contribution in [0.25, 0.3) is 16.8 Å². The minimum Gasteiger partial charge on any atom is -0.497 e. The van der Waals surface area contributed by atoms with Gasteiger partial charge in [-0.1, -0.05) is 6.07 Å². The molecule has 7 nitrogen and oxygen atoms in total. The Balaban J connectivity index is 0.00000256. The average molecular weight is 429 g/mol. The summed E-state index contributed by atoms with van der Waals surface area (Å²) in [7, 11) is 1.65. The number of hydrogen-bond donors (Lipinski definition) is 0. The molecule has 8 heteroatoms. The minimum atomic E-state index is -0.396. The fraction of sp³-hybridized carbons (Fsp3) is 0.318. The molecule has 0 fully saturated rings. The lowest BCUT2D eigenvalue weighted by molar-refractivity contribution is 0.155. The molecule has 1 amide bonds. The van der Waals surface area contributed by atoms with E-state index >= 15 is 0 Å². The first-order valence-corrected chi connectivity index (χ1v) is 9.82. The Hall–Kier alpha value is -3.06. The number of ether oxygens (including phenoxy) is 2. The maximum atomic E-state index is 12.7. The number of carbonyl (C=O) groups is 1. The highest BCUT2D eigenvalue weighted by Crippen LogP contribution is 2.42. The van der Waals surface area contributed by atoms with Crippen molar-refractivity contribution in [3.05, 3.63) is 54.0 Å². The van der Waals surface area contributed by atoms with Crippen molar-refractivity contribution in [2.45, 2.75) is 26.7 Å². The normalized spacial score (nSPS) is 11.7. The van der Waals surface area contributed by atoms with Gasteiger partial charge < -0.3 is 14.4 Å². The van der Waals surface area contributed by atoms with Crippen LogP contribution in [0.15, 0.2) is 42.7 Å². The van der Waals surface area contributed by atoms with Gasteiger partial charge in [0.1, 0.15) is 5.75 Å². The van der Waals surface area contributed by atoms with Crippen LogP contribution in [-0.4, -0.2) is 46.0 Å². The Morgan fingerprint density at radius 2 is 1.87 bits per heavy atom. The standard InChI is InChI=1S/C22H24N4O3.ClH/c1-4-25(5-2)22(27)29-21-20-18-14-17(28-3)8-6-15(18)7-9-19(20)26(24-21)16-10-12-23-13-11-16;/h6,8,10-14H,4-5,7,9H2,1-3H3;1H. The lowest BCUT2D eigenvalue weighted by Crippen LogP contribution is -2.33. The minimum absolute atomic E-state index is 0. The second-order valence-corrected chi connectivity index (χ2v) is 6.81. The highest BCUT2D eigenvalue weighted by atomic mass is 35.5. The van der Waals surface area contributed by atoms with Crippen LogP contribution < -0.4 is 9.47 Å². The first-order chi connectivity index (χ1) is 14.2. The van der Waals surface area contributed by atoms with E-state index in [-0.39, 0.29) is 12.4 Å². The Morgan fingerprint density at radius 3 is 2.53 bits per heavy atom. The van der Waals surface area contributed by atoms with E-state index in [4.69, 9.17) is 9.47 Å². The van der Waals surface area contributed by atoms with Crippen molar-refractivity contribution in [2.75, 3.05) is 20.2 Å². The quantitative estimate of drug-likeness (QED) is 0.605. The van der Waals surface area contributed by atoms with Crippen LogP contribution in [0.5, 0.6) is 11.6 Å². The topological polar surface area (TPSA) is 69.5 Å². The third-order valence-corrected chi connectivity index (χ3v) is 5.28. The molecule has 0 aliphatic heterocycles. The first-order valence-electron chi connectivity index (χ1n) is 9.82. The number of aryl methyl sites for hydroxylation is 1. The van der Waals surface area contributed by atoms with E-state index in [1.165, 1.54) is 5.56 Å². The number of hydrogen-bond acceptors (Lipinski definition) is 5. The summed E-state index contributed by atoms with van der Waals surface area (Å²) in [6.45, 7) is 5.01. The molecule has 1 aliphatic rings. The second-order valence-electron chi connectivity index (χ2n) is 6.81. The van der Waals surface area contributed by atoms with Crippen molar-refractivity contribution in [1.82, 2.24) is 19.7 Å². The third-order valence-electron chi connectivity index (χ3n) is 5.28. The Labute approximate surface area is 182 Å². The van der Waals surface area contributed by atoms with Crippen molar-refractivity contribution in [2.24, 2.45) is 0 Å². The van der Waals surface area contributed by atoms with E-state index in [1.807, 2.05) is 42.8 Å². The van der Waals surface area contributed by atoms with Gasteiger partial charge in [0.2, 0.25) is 0 Å². The molecule has 0 unspecified atom stereocenters. The molecule has 0 spiro atoms. The van der Waals surface area contributed by atoms with E-state index in [1.54, 1.807) is 24.4 Å². The largest absolute Gasteiger partial charge is 0.497 e. The van der Waals surface area contributed by atoms with E-state index in [2.05, 4.69) is 16.1 Å². The SMILES string of the molecule is CCN(CC)C(=O)Oc1nn(-c2ccncc2)c2c1-c1cc(OC)ccc1CC2.Cl. The summed E-state index contributed by atoms with van der Waals surface area (Å²) in [5.41, 5.74) is 4.93. The fourth-order valence-corrected chi connectivity index (χ4v) is 3.72. The van der Waals surface area contributed by atoms with Crippen LogP contribution in [0.2, 0.25) is 0 Å². The average Bonchev–Trinajstić information content (AvgIpc) is 3.13. The number of pyridine rings is 1. The van der Waals surface area contributed by atoms with Gasteiger partial charge in [-0.3, -0.25) is 4.98 Å². The number of halogens is 1. The number of nitrogens with zero attached hydrogens (tertiary/aromatic N) is 4. The predicted octanol–water partition coefficient (Wildman–Crippen LogP) is 4.30. The van der Waals surface area contributed by atoms with Gasteiger partial charge in [0.15, 0.2) is 0 Å². The van der Waals surface area contributed by atoms with Crippen molar-refractivity contribution in [1.29, 1.82) is 0 Å². The van der Waals surface area contributed by atoms with Crippen molar-refractivity contribution >= 4 is 18.5 Å². The molecule has 2 heterocycles. The monoisotopic (exact) mass is 428 g/mol. The van der Waals surface area contributed by atoms with Gasteiger partial charge in [-0.05, 0) is 62.1 Å². The highest BCUT2D eigenvalue weighted by molar-refractivity contribution is 5.85. The van der Waals surface area contributed by atoms with Gasteiger partial charge in [-0.2, -0.15) is 0 Å². The molecule has 0 saturated heterocycles. The molecule has 3 aromatic rings. The van der Waals surface area contributed by atoms with Gasteiger partial charge in [-0.25, -0.2) is 9.48 Å². The summed E-state index contributed by atoms with van der Waals surface area (Å²) in [6, 6.07) is 9.80. The van der Waals surface area contributed by atoms with Crippen LogP contribution in [0.4, 0.5) is 4.79 Å². The van der Waals surface area contributed by atoms with Crippen LogP contribution in [0.1, 0.15) is 25.1 Å². The number of carbonyl (C=O) groups excluding carboxylic acids is 1. The Morgan fingerprint density at radius 1 is 1.13 bits per heavy atom. The van der Waals surface area contributed by atoms with Gasteiger partial charge in [0, 0.05) is 25.5 Å². The molecular weight excluding hydrogens is 404 g/mol. The molecular formula is C22H25ClN4O3. The molecule has 2 aromatic heterocycles. The summed E-state index contributed by atoms with van der Waals surface area (Å²) in [5.74, 6) is 1.08. The summed E-state index contributed by atoms with van der Waals surface area (Å²) in [4.78, 5) is 18.4. The first kappa shape index (κ1) is 21.6. The molecule has 1 aliphatic carbocycles. The summed E-state index contributed by atoms with van der Waals surface area (Å²) in [6.07, 6.45) is 4.74. The lowest BCUT2D eigenvalue weighted by Gasteiger charge is -2.20. The van der Waals surface area contributed by atoms with Gasteiger partial charge in [0.05, 0.1) is 24.1 Å². The van der Waals surface area contributed by atoms with Gasteiger partial charge >= 0.3 is 6.09 Å². The number of amides is 1. The number of fused-ring (bicyclic) bond motifs is 3. The zero-order valence-corrected chi connectivity index (χ0v) is 18.1. The summed E-state index contributed by atoms with van der Waals surface area (Å²) < 4.78 is 13.1. The van der Waals surface area contributed by atoms with Crippen LogP contribution in [0.3, 0.4) is 0 Å². The number of rotatable bonds is 5. The maximum Gasteiger partial charge on any atom is 0.416 e. The van der Waals surface area contributed by atoms with Crippen molar-refractivity contribution in [3.63, 3.8) is 0 Å². The van der Waals surface area contributed by atoms with Gasteiger partial charge in [0.25, 0.3) is 5.88 Å². The molecule has 158 valence electrons. The molecule has 0 radical (unpaired) electrons. The molecule has 0 saturated carbocycles. The fourth-order valence-electron chi connectivity index (χ4n) is 3.72. The maximum absolute atomic E-state index is 12.7.